The first-order valence-corrected chi connectivity index (χ1v) is 6.76. The number of hydrazine groups is 1. The summed E-state index contributed by atoms with van der Waals surface area (Å²) in [5.41, 5.74) is 0. The molecule has 0 spiro atoms. The van der Waals surface area contributed by atoms with Gasteiger partial charge in [0.1, 0.15) is 18.3 Å². The van der Waals surface area contributed by atoms with E-state index in [1.807, 2.05) is 6.92 Å². The maximum atomic E-state index is 11.7. The summed E-state index contributed by atoms with van der Waals surface area (Å²) in [6.45, 7) is 2.94. The van der Waals surface area contributed by atoms with E-state index in [0.29, 0.717) is 6.42 Å². The van der Waals surface area contributed by atoms with Gasteiger partial charge < -0.3 is 25.5 Å². The van der Waals surface area contributed by atoms with E-state index >= 15 is 0 Å². The topological polar surface area (TPSA) is 125 Å². The highest BCUT2D eigenvalue weighted by Gasteiger charge is 2.49. The summed E-state index contributed by atoms with van der Waals surface area (Å²) >= 11 is 0. The number of rotatable bonds is 5. The van der Waals surface area contributed by atoms with Crippen LogP contribution >= 0.6 is 0 Å². The molecule has 0 aliphatic carbocycles. The second-order valence-electron chi connectivity index (χ2n) is 5.01. The Labute approximate surface area is 117 Å². The molecule has 1 unspecified atom stereocenters. The van der Waals surface area contributed by atoms with E-state index in [9.17, 15) is 30.3 Å². The van der Waals surface area contributed by atoms with E-state index in [-0.39, 0.29) is 12.5 Å². The maximum Gasteiger partial charge on any atom is 0.233 e. The van der Waals surface area contributed by atoms with Gasteiger partial charge >= 0.3 is 0 Å². The Morgan fingerprint density at radius 1 is 1.15 bits per heavy atom. The number of aliphatic hydroxyl groups is 5. The van der Waals surface area contributed by atoms with Crippen LogP contribution in [-0.4, -0.2) is 85.2 Å². The van der Waals surface area contributed by atoms with Crippen LogP contribution in [0.4, 0.5) is 0 Å². The molecule has 5 N–H and O–H groups in total. The first-order chi connectivity index (χ1) is 9.36. The highest BCUT2D eigenvalue weighted by atomic mass is 16.4. The van der Waals surface area contributed by atoms with Gasteiger partial charge in [0, 0.05) is 13.5 Å². The summed E-state index contributed by atoms with van der Waals surface area (Å²) in [5.74, 6) is -0.383. The Morgan fingerprint density at radius 2 is 1.75 bits per heavy atom. The lowest BCUT2D eigenvalue weighted by atomic mass is 9.94. The van der Waals surface area contributed by atoms with Gasteiger partial charge in [-0.2, -0.15) is 5.01 Å². The lowest BCUT2D eigenvalue weighted by Gasteiger charge is -2.50. The van der Waals surface area contributed by atoms with Gasteiger partial charge in [-0.25, -0.2) is 0 Å². The molecule has 0 aromatic carbocycles. The molecule has 1 aliphatic rings. The second kappa shape index (κ2) is 7.30. The monoisotopic (exact) mass is 292 g/mol. The van der Waals surface area contributed by atoms with E-state index in [2.05, 4.69) is 0 Å². The fourth-order valence-electron chi connectivity index (χ4n) is 2.37. The van der Waals surface area contributed by atoms with E-state index in [4.69, 9.17) is 0 Å². The van der Waals surface area contributed by atoms with E-state index < -0.39 is 37.2 Å². The van der Waals surface area contributed by atoms with Gasteiger partial charge in [-0.15, -0.1) is 0 Å². The molecule has 0 radical (unpaired) electrons. The van der Waals surface area contributed by atoms with Crippen molar-refractivity contribution >= 4 is 5.91 Å². The second-order valence-corrected chi connectivity index (χ2v) is 5.01. The van der Waals surface area contributed by atoms with Crippen molar-refractivity contribution in [2.24, 2.45) is 0 Å². The van der Waals surface area contributed by atoms with Crippen molar-refractivity contribution in [3.63, 3.8) is 0 Å². The third-order valence-corrected chi connectivity index (χ3v) is 3.56. The number of unbranched alkanes of at least 4 members (excludes halogenated alkanes) is 1. The number of piperidine rings is 1. The smallest absolute Gasteiger partial charge is 0.233 e. The first kappa shape index (κ1) is 17.3. The zero-order valence-corrected chi connectivity index (χ0v) is 11.8. The van der Waals surface area contributed by atoms with Crippen LogP contribution in [0.25, 0.3) is 0 Å². The molecule has 1 saturated heterocycles. The zero-order chi connectivity index (χ0) is 15.4. The fourth-order valence-corrected chi connectivity index (χ4v) is 2.37. The Bertz CT molecular complexity index is 329. The molecule has 0 aromatic rings. The fraction of sp³-hybridized carbons (Fsp3) is 0.917. The van der Waals surface area contributed by atoms with Crippen LogP contribution in [0.15, 0.2) is 0 Å². The first-order valence-electron chi connectivity index (χ1n) is 6.76. The van der Waals surface area contributed by atoms with Crippen molar-refractivity contribution in [2.45, 2.75) is 57.3 Å². The average Bonchev–Trinajstić information content (AvgIpc) is 2.42. The summed E-state index contributed by atoms with van der Waals surface area (Å²) < 4.78 is 0. The summed E-state index contributed by atoms with van der Waals surface area (Å²) in [4.78, 5) is 11.7. The molecule has 8 heteroatoms. The molecule has 8 nitrogen and oxygen atoms in total. The Hall–Kier alpha value is -0.770. The van der Waals surface area contributed by atoms with Gasteiger partial charge in [-0.3, -0.25) is 9.80 Å². The molecule has 20 heavy (non-hydrogen) atoms. The van der Waals surface area contributed by atoms with Crippen molar-refractivity contribution in [2.75, 3.05) is 13.2 Å². The third kappa shape index (κ3) is 3.27. The Balaban J connectivity index is 3.04. The van der Waals surface area contributed by atoms with E-state index in [1.165, 1.54) is 11.9 Å². The largest absolute Gasteiger partial charge is 0.395 e. The molecule has 0 saturated carbocycles. The summed E-state index contributed by atoms with van der Waals surface area (Å²) in [6, 6.07) is -1.07. The standard InChI is InChI=1S/C12H24N2O6/c1-3-4-5-13(7(2)16)14-8(6-15)9(17)10(18)11(19)12(14)20/h8-12,15,17-20H,3-6H2,1-2H3/t8-,9-,10+,11-,12?/m1/s1. The number of aliphatic hydroxyl groups excluding tert-OH is 5. The molecule has 1 amide bonds. The van der Waals surface area contributed by atoms with Crippen LogP contribution in [0.1, 0.15) is 26.7 Å². The van der Waals surface area contributed by atoms with Crippen LogP contribution < -0.4 is 0 Å². The van der Waals surface area contributed by atoms with Crippen molar-refractivity contribution in [3.8, 4) is 0 Å². The highest BCUT2D eigenvalue weighted by molar-refractivity contribution is 5.72. The summed E-state index contributed by atoms with van der Waals surface area (Å²) in [5, 5.41) is 50.9. The molecule has 0 bridgehead atoms. The predicted molar refractivity (Wildman–Crippen MR) is 69.0 cm³/mol. The average molecular weight is 292 g/mol. The van der Waals surface area contributed by atoms with Crippen molar-refractivity contribution in [1.29, 1.82) is 0 Å². The lowest BCUT2D eigenvalue weighted by Crippen LogP contribution is -2.71. The molecular formula is C12H24N2O6. The lowest BCUT2D eigenvalue weighted by molar-refractivity contribution is -0.276. The number of carbonyl (C=O) groups is 1. The van der Waals surface area contributed by atoms with Crippen LogP contribution in [0.3, 0.4) is 0 Å². The predicted octanol–water partition coefficient (Wildman–Crippen LogP) is -2.37. The highest BCUT2D eigenvalue weighted by Crippen LogP contribution is 2.25. The Kier molecular flexibility index (Phi) is 6.31. The van der Waals surface area contributed by atoms with E-state index in [0.717, 1.165) is 11.4 Å². The minimum atomic E-state index is -1.63. The number of amides is 1. The molecule has 1 rings (SSSR count). The van der Waals surface area contributed by atoms with Gasteiger partial charge in [-0.1, -0.05) is 13.3 Å². The van der Waals surface area contributed by atoms with Gasteiger partial charge in [0.15, 0.2) is 6.23 Å². The minimum Gasteiger partial charge on any atom is -0.395 e. The normalized spacial score (nSPS) is 35.0. The van der Waals surface area contributed by atoms with Crippen LogP contribution in [0.5, 0.6) is 0 Å². The minimum absolute atomic E-state index is 0.287. The number of carbonyl (C=O) groups excluding carboxylic acids is 1. The Morgan fingerprint density at radius 3 is 2.20 bits per heavy atom. The molecule has 0 aromatic heterocycles. The number of nitrogens with zero attached hydrogens (tertiary/aromatic N) is 2. The summed E-state index contributed by atoms with van der Waals surface area (Å²) in [7, 11) is 0. The molecule has 1 heterocycles. The molecular weight excluding hydrogens is 268 g/mol. The zero-order valence-electron chi connectivity index (χ0n) is 11.8. The maximum absolute atomic E-state index is 11.7. The number of hydrogen-bond donors (Lipinski definition) is 5. The van der Waals surface area contributed by atoms with Crippen LogP contribution in [0, 0.1) is 0 Å². The molecule has 118 valence electrons. The van der Waals surface area contributed by atoms with Gasteiger partial charge in [0.2, 0.25) is 5.91 Å². The number of hydrogen-bond acceptors (Lipinski definition) is 7. The van der Waals surface area contributed by atoms with Gasteiger partial charge in [-0.05, 0) is 6.42 Å². The van der Waals surface area contributed by atoms with Crippen molar-refractivity contribution < 1.29 is 30.3 Å². The quantitative estimate of drug-likeness (QED) is 0.383. The van der Waals surface area contributed by atoms with Crippen LogP contribution in [0.2, 0.25) is 0 Å². The third-order valence-electron chi connectivity index (χ3n) is 3.56. The van der Waals surface area contributed by atoms with E-state index in [1.54, 1.807) is 0 Å². The van der Waals surface area contributed by atoms with Crippen molar-refractivity contribution in [3.05, 3.63) is 0 Å². The van der Waals surface area contributed by atoms with Crippen molar-refractivity contribution in [1.82, 2.24) is 10.0 Å². The SMILES string of the molecule is CCCCN(C(C)=O)N1C(O)[C@H](O)[C@@H](O)[C@H](O)[C@H]1CO. The van der Waals surface area contributed by atoms with Gasteiger partial charge in [0.05, 0.1) is 12.6 Å². The molecule has 5 atom stereocenters. The van der Waals surface area contributed by atoms with Gasteiger partial charge in [0.25, 0.3) is 0 Å². The molecule has 1 fully saturated rings. The summed E-state index contributed by atoms with van der Waals surface area (Å²) in [6.07, 6.45) is -4.79. The molecule has 1 aliphatic heterocycles. The van der Waals surface area contributed by atoms with Crippen LogP contribution in [-0.2, 0) is 4.79 Å².